The summed E-state index contributed by atoms with van der Waals surface area (Å²) in [5.41, 5.74) is 7.56. The molecule has 0 saturated carbocycles. The van der Waals surface area contributed by atoms with E-state index in [4.69, 9.17) is 5.73 Å². The number of para-hydroxylation sites is 1. The molecule has 1 aromatic carbocycles. The number of nitrogens with zero attached hydrogens (tertiary/aromatic N) is 2. The van der Waals surface area contributed by atoms with Crippen LogP contribution < -0.4 is 5.73 Å². The lowest BCUT2D eigenvalue weighted by atomic mass is 9.98. The molecule has 21 heavy (non-hydrogen) atoms. The van der Waals surface area contributed by atoms with Crippen molar-refractivity contribution in [3.8, 4) is 0 Å². The Morgan fingerprint density at radius 3 is 2.81 bits per heavy atom. The second-order valence-electron chi connectivity index (χ2n) is 5.72. The van der Waals surface area contributed by atoms with Crippen molar-refractivity contribution in [1.82, 2.24) is 9.78 Å². The van der Waals surface area contributed by atoms with Crippen LogP contribution in [-0.2, 0) is 17.8 Å². The second-order valence-corrected chi connectivity index (χ2v) is 5.72. The SMILES string of the molecule is CCn1nc(CC(=O)CCC(C)CCN)c2ccccc21. The van der Waals surface area contributed by atoms with Gasteiger partial charge in [0.1, 0.15) is 5.78 Å². The fraction of sp³-hybridized carbons (Fsp3) is 0.529. The molecule has 114 valence electrons. The van der Waals surface area contributed by atoms with E-state index in [-0.39, 0.29) is 5.78 Å². The van der Waals surface area contributed by atoms with Crippen molar-refractivity contribution in [3.05, 3.63) is 30.0 Å². The Labute approximate surface area is 126 Å². The highest BCUT2D eigenvalue weighted by molar-refractivity contribution is 5.88. The molecule has 0 radical (unpaired) electrons. The van der Waals surface area contributed by atoms with E-state index in [1.807, 2.05) is 22.9 Å². The molecule has 0 saturated heterocycles. The molecule has 0 amide bonds. The molecule has 4 heteroatoms. The van der Waals surface area contributed by atoms with E-state index in [2.05, 4.69) is 25.0 Å². The second kappa shape index (κ2) is 7.36. The van der Waals surface area contributed by atoms with Crippen molar-refractivity contribution in [2.24, 2.45) is 11.7 Å². The van der Waals surface area contributed by atoms with E-state index in [0.29, 0.717) is 25.3 Å². The van der Waals surface area contributed by atoms with Gasteiger partial charge in [0.15, 0.2) is 0 Å². The largest absolute Gasteiger partial charge is 0.330 e. The van der Waals surface area contributed by atoms with Gasteiger partial charge >= 0.3 is 0 Å². The molecule has 0 bridgehead atoms. The summed E-state index contributed by atoms with van der Waals surface area (Å²) in [7, 11) is 0. The van der Waals surface area contributed by atoms with Crippen LogP contribution in [0.15, 0.2) is 24.3 Å². The first-order chi connectivity index (χ1) is 10.2. The predicted octanol–water partition coefficient (Wildman–Crippen LogP) is 2.93. The highest BCUT2D eigenvalue weighted by Crippen LogP contribution is 2.20. The molecular formula is C17H25N3O. The summed E-state index contributed by atoms with van der Waals surface area (Å²) in [5, 5.41) is 5.69. The summed E-state index contributed by atoms with van der Waals surface area (Å²) in [5.74, 6) is 0.786. The van der Waals surface area contributed by atoms with Crippen LogP contribution in [-0.4, -0.2) is 22.1 Å². The minimum absolute atomic E-state index is 0.269. The zero-order chi connectivity index (χ0) is 15.2. The number of ketones is 1. The first kappa shape index (κ1) is 15.7. The van der Waals surface area contributed by atoms with Crippen molar-refractivity contribution < 1.29 is 4.79 Å². The zero-order valence-corrected chi connectivity index (χ0v) is 13.0. The highest BCUT2D eigenvalue weighted by atomic mass is 16.1. The average Bonchev–Trinajstić information content (AvgIpc) is 2.84. The Hall–Kier alpha value is -1.68. The van der Waals surface area contributed by atoms with Crippen molar-refractivity contribution in [3.63, 3.8) is 0 Å². The van der Waals surface area contributed by atoms with Crippen LogP contribution >= 0.6 is 0 Å². The van der Waals surface area contributed by atoms with E-state index < -0.39 is 0 Å². The molecule has 0 fully saturated rings. The number of carbonyl (C=O) groups is 1. The predicted molar refractivity (Wildman–Crippen MR) is 86.2 cm³/mol. The monoisotopic (exact) mass is 287 g/mol. The topological polar surface area (TPSA) is 60.9 Å². The van der Waals surface area contributed by atoms with Gasteiger partial charge in [0.05, 0.1) is 17.6 Å². The molecular weight excluding hydrogens is 262 g/mol. The first-order valence-corrected chi connectivity index (χ1v) is 7.81. The number of hydrogen-bond donors (Lipinski definition) is 1. The number of benzene rings is 1. The molecule has 2 rings (SSSR count). The minimum Gasteiger partial charge on any atom is -0.330 e. The van der Waals surface area contributed by atoms with Gasteiger partial charge in [-0.15, -0.1) is 0 Å². The molecule has 1 atom stereocenters. The van der Waals surface area contributed by atoms with Gasteiger partial charge in [-0.3, -0.25) is 9.48 Å². The van der Waals surface area contributed by atoms with Crippen LogP contribution in [0, 0.1) is 5.92 Å². The molecule has 4 nitrogen and oxygen atoms in total. The Kier molecular flexibility index (Phi) is 5.51. The molecule has 0 aliphatic rings. The Bertz CT molecular complexity index is 603. The Morgan fingerprint density at radius 2 is 2.10 bits per heavy atom. The maximum Gasteiger partial charge on any atom is 0.138 e. The average molecular weight is 287 g/mol. The fourth-order valence-corrected chi connectivity index (χ4v) is 2.68. The third kappa shape index (κ3) is 3.91. The first-order valence-electron chi connectivity index (χ1n) is 7.81. The highest BCUT2D eigenvalue weighted by Gasteiger charge is 2.13. The van der Waals surface area contributed by atoms with Gasteiger partial charge in [0.2, 0.25) is 0 Å². The number of nitrogens with two attached hydrogens (primary N) is 1. The van der Waals surface area contributed by atoms with Crippen LogP contribution in [0.3, 0.4) is 0 Å². The molecule has 1 unspecified atom stereocenters. The zero-order valence-electron chi connectivity index (χ0n) is 13.0. The number of rotatable bonds is 8. The number of carbonyl (C=O) groups excluding carboxylic acids is 1. The number of fused-ring (bicyclic) bond motifs is 1. The summed E-state index contributed by atoms with van der Waals surface area (Å²) in [6.07, 6.45) is 2.96. The van der Waals surface area contributed by atoms with Gasteiger partial charge in [-0.1, -0.05) is 25.1 Å². The van der Waals surface area contributed by atoms with Crippen molar-refractivity contribution >= 4 is 16.7 Å². The molecule has 0 aliphatic heterocycles. The van der Waals surface area contributed by atoms with Gasteiger partial charge in [0.25, 0.3) is 0 Å². The lowest BCUT2D eigenvalue weighted by Crippen LogP contribution is -2.10. The van der Waals surface area contributed by atoms with E-state index in [1.54, 1.807) is 0 Å². The smallest absolute Gasteiger partial charge is 0.138 e. The molecule has 2 aromatic rings. The van der Waals surface area contributed by atoms with Crippen LogP contribution in [0.4, 0.5) is 0 Å². The molecule has 0 spiro atoms. The number of aromatic nitrogens is 2. The minimum atomic E-state index is 0.269. The number of hydrogen-bond acceptors (Lipinski definition) is 3. The van der Waals surface area contributed by atoms with E-state index in [9.17, 15) is 4.79 Å². The van der Waals surface area contributed by atoms with Crippen molar-refractivity contribution in [1.29, 1.82) is 0 Å². The molecule has 1 heterocycles. The lowest BCUT2D eigenvalue weighted by Gasteiger charge is -2.08. The fourth-order valence-electron chi connectivity index (χ4n) is 2.68. The standard InChI is InChI=1S/C17H25N3O/c1-3-20-17-7-5-4-6-15(17)16(19-20)12-14(21)9-8-13(2)10-11-18/h4-7,13H,3,8-12,18H2,1-2H3. The summed E-state index contributed by atoms with van der Waals surface area (Å²) >= 11 is 0. The van der Waals surface area contributed by atoms with E-state index >= 15 is 0 Å². The maximum absolute atomic E-state index is 12.2. The van der Waals surface area contributed by atoms with Gasteiger partial charge in [0, 0.05) is 18.4 Å². The Morgan fingerprint density at radius 1 is 1.33 bits per heavy atom. The molecule has 2 N–H and O–H groups in total. The lowest BCUT2D eigenvalue weighted by molar-refractivity contribution is -0.118. The summed E-state index contributed by atoms with van der Waals surface area (Å²) in [4.78, 5) is 12.2. The van der Waals surface area contributed by atoms with E-state index in [0.717, 1.165) is 36.0 Å². The molecule has 1 aromatic heterocycles. The van der Waals surface area contributed by atoms with Gasteiger partial charge in [-0.25, -0.2) is 0 Å². The van der Waals surface area contributed by atoms with Crippen LogP contribution in [0.1, 0.15) is 38.8 Å². The third-order valence-corrected chi connectivity index (χ3v) is 3.97. The van der Waals surface area contributed by atoms with Gasteiger partial charge in [-0.2, -0.15) is 5.10 Å². The summed E-state index contributed by atoms with van der Waals surface area (Å²) in [6, 6.07) is 8.12. The maximum atomic E-state index is 12.2. The summed E-state index contributed by atoms with van der Waals surface area (Å²) < 4.78 is 1.97. The van der Waals surface area contributed by atoms with Crippen molar-refractivity contribution in [2.75, 3.05) is 6.54 Å². The van der Waals surface area contributed by atoms with Crippen molar-refractivity contribution in [2.45, 2.75) is 46.1 Å². The number of Topliss-reactive ketones (excluding diaryl/α,β-unsaturated/α-hetero) is 1. The quantitative estimate of drug-likeness (QED) is 0.812. The van der Waals surface area contributed by atoms with Crippen LogP contribution in [0.5, 0.6) is 0 Å². The Balaban J connectivity index is 2.04. The van der Waals surface area contributed by atoms with Crippen LogP contribution in [0.25, 0.3) is 10.9 Å². The summed E-state index contributed by atoms with van der Waals surface area (Å²) in [6.45, 7) is 5.74. The van der Waals surface area contributed by atoms with Gasteiger partial charge in [-0.05, 0) is 38.3 Å². The normalized spacial score (nSPS) is 12.7. The van der Waals surface area contributed by atoms with E-state index in [1.165, 1.54) is 0 Å². The van der Waals surface area contributed by atoms with Crippen LogP contribution in [0.2, 0.25) is 0 Å². The molecule has 0 aliphatic carbocycles. The number of aryl methyl sites for hydroxylation is 1. The van der Waals surface area contributed by atoms with Gasteiger partial charge < -0.3 is 5.73 Å². The third-order valence-electron chi connectivity index (χ3n) is 3.97.